The van der Waals surface area contributed by atoms with Gasteiger partial charge < -0.3 is 9.47 Å². The van der Waals surface area contributed by atoms with Crippen molar-refractivity contribution in [2.75, 3.05) is 19.1 Å². The molecule has 0 atom stereocenters. The third kappa shape index (κ3) is 3.95. The van der Waals surface area contributed by atoms with Gasteiger partial charge in [-0.15, -0.1) is 0 Å². The molecular formula is C19H14ClN3O6S. The molecule has 2 amide bonds. The lowest BCUT2D eigenvalue weighted by atomic mass is 10.0. The maximum atomic E-state index is 13.1. The highest BCUT2D eigenvalue weighted by molar-refractivity contribution is 7.80. The molecule has 2 aromatic carbocycles. The minimum atomic E-state index is -0.740. The number of carbonyl (C=O) groups excluding carboxylic acids is 2. The Morgan fingerprint density at radius 3 is 2.33 bits per heavy atom. The van der Waals surface area contributed by atoms with Crippen molar-refractivity contribution in [3.63, 3.8) is 0 Å². The molecule has 2 aromatic rings. The second-order valence-electron chi connectivity index (χ2n) is 5.96. The van der Waals surface area contributed by atoms with E-state index in [-0.39, 0.29) is 33.4 Å². The molecule has 0 aromatic heterocycles. The molecule has 0 aliphatic carbocycles. The van der Waals surface area contributed by atoms with E-state index in [1.54, 1.807) is 24.3 Å². The molecule has 0 bridgehead atoms. The van der Waals surface area contributed by atoms with Gasteiger partial charge in [0.15, 0.2) is 5.11 Å². The Labute approximate surface area is 181 Å². The zero-order chi connectivity index (χ0) is 22.0. The summed E-state index contributed by atoms with van der Waals surface area (Å²) < 4.78 is 10.2. The van der Waals surface area contributed by atoms with Gasteiger partial charge in [0.2, 0.25) is 5.75 Å². The average Bonchev–Trinajstić information content (AvgIpc) is 2.71. The van der Waals surface area contributed by atoms with Gasteiger partial charge in [0, 0.05) is 22.7 Å². The van der Waals surface area contributed by atoms with Crippen molar-refractivity contribution in [1.29, 1.82) is 0 Å². The number of benzene rings is 2. The molecule has 1 fully saturated rings. The number of nitrogens with zero attached hydrogens (tertiary/aromatic N) is 2. The molecule has 0 spiro atoms. The molecule has 30 heavy (non-hydrogen) atoms. The van der Waals surface area contributed by atoms with Crippen LogP contribution in [0.4, 0.5) is 11.4 Å². The van der Waals surface area contributed by atoms with Crippen molar-refractivity contribution < 1.29 is 24.0 Å². The van der Waals surface area contributed by atoms with Gasteiger partial charge in [0.1, 0.15) is 11.3 Å². The fourth-order valence-electron chi connectivity index (χ4n) is 2.80. The highest BCUT2D eigenvalue weighted by Crippen LogP contribution is 2.36. The topological polar surface area (TPSA) is 111 Å². The Kier molecular flexibility index (Phi) is 5.99. The quantitative estimate of drug-likeness (QED) is 0.246. The lowest BCUT2D eigenvalue weighted by Crippen LogP contribution is -2.54. The fourth-order valence-corrected chi connectivity index (χ4v) is 3.21. The third-order valence-electron chi connectivity index (χ3n) is 4.21. The Morgan fingerprint density at radius 1 is 1.13 bits per heavy atom. The summed E-state index contributed by atoms with van der Waals surface area (Å²) in [6, 6.07) is 8.74. The van der Waals surface area contributed by atoms with Crippen LogP contribution in [0.5, 0.6) is 11.5 Å². The van der Waals surface area contributed by atoms with Crippen molar-refractivity contribution in [3.05, 3.63) is 62.7 Å². The van der Waals surface area contributed by atoms with Gasteiger partial charge in [0.25, 0.3) is 11.8 Å². The number of carbonyl (C=O) groups is 2. The van der Waals surface area contributed by atoms with Gasteiger partial charge in [-0.05, 0) is 42.6 Å². The van der Waals surface area contributed by atoms with E-state index < -0.39 is 16.7 Å². The second-order valence-corrected chi connectivity index (χ2v) is 6.78. The van der Waals surface area contributed by atoms with E-state index in [9.17, 15) is 19.7 Å². The number of halogens is 1. The zero-order valence-electron chi connectivity index (χ0n) is 15.7. The first kappa shape index (κ1) is 21.2. The monoisotopic (exact) mass is 447 g/mol. The van der Waals surface area contributed by atoms with Crippen LogP contribution in [0.25, 0.3) is 6.08 Å². The van der Waals surface area contributed by atoms with E-state index in [1.165, 1.54) is 26.4 Å². The Balaban J connectivity index is 2.11. The maximum absolute atomic E-state index is 13.1. The van der Waals surface area contributed by atoms with Crippen molar-refractivity contribution in [2.24, 2.45) is 0 Å². The summed E-state index contributed by atoms with van der Waals surface area (Å²) in [7, 11) is 2.63. The van der Waals surface area contributed by atoms with Gasteiger partial charge in [-0.2, -0.15) is 0 Å². The number of ether oxygens (including phenoxy) is 2. The number of rotatable bonds is 5. The Bertz CT molecular complexity index is 1100. The molecule has 154 valence electrons. The van der Waals surface area contributed by atoms with Crippen LogP contribution >= 0.6 is 23.8 Å². The maximum Gasteiger partial charge on any atom is 0.311 e. The summed E-state index contributed by atoms with van der Waals surface area (Å²) in [4.78, 5) is 37.3. The van der Waals surface area contributed by atoms with Crippen molar-refractivity contribution in [2.45, 2.75) is 0 Å². The minimum absolute atomic E-state index is 0.0256. The van der Waals surface area contributed by atoms with Crippen molar-refractivity contribution >= 4 is 58.2 Å². The lowest BCUT2D eigenvalue weighted by Gasteiger charge is -2.29. The number of nitrogens with one attached hydrogen (secondary N) is 1. The molecule has 0 saturated carbocycles. The number of methoxy groups -OCH3 is 2. The molecule has 9 nitrogen and oxygen atoms in total. The molecule has 1 saturated heterocycles. The van der Waals surface area contributed by atoms with Crippen LogP contribution in [0.15, 0.2) is 42.0 Å². The molecule has 0 unspecified atom stereocenters. The number of hydrogen-bond acceptors (Lipinski definition) is 7. The van der Waals surface area contributed by atoms with E-state index in [0.29, 0.717) is 10.7 Å². The van der Waals surface area contributed by atoms with Crippen LogP contribution in [0.3, 0.4) is 0 Å². The van der Waals surface area contributed by atoms with Crippen molar-refractivity contribution in [3.8, 4) is 11.5 Å². The molecule has 1 aliphatic rings. The first-order chi connectivity index (χ1) is 14.3. The number of nitro benzene ring substituents is 1. The lowest BCUT2D eigenvalue weighted by molar-refractivity contribution is -0.385. The number of nitro groups is 1. The van der Waals surface area contributed by atoms with E-state index in [4.69, 9.17) is 33.3 Å². The van der Waals surface area contributed by atoms with Crippen LogP contribution in [-0.4, -0.2) is 36.1 Å². The first-order valence-corrected chi connectivity index (χ1v) is 9.13. The summed E-state index contributed by atoms with van der Waals surface area (Å²) in [6.07, 6.45) is 1.20. The van der Waals surface area contributed by atoms with Gasteiger partial charge in [-0.25, -0.2) is 0 Å². The van der Waals surface area contributed by atoms with E-state index >= 15 is 0 Å². The molecular weight excluding hydrogens is 434 g/mol. The first-order valence-electron chi connectivity index (χ1n) is 8.34. The Hall–Kier alpha value is -3.50. The fraction of sp³-hybridized carbons (Fsp3) is 0.105. The SMILES string of the molecule is COc1cc(OC)c([N+](=O)[O-])cc1/C=C1\C(=O)NC(=S)N(c2ccc(Cl)cc2)C1=O. The number of hydrogen-bond donors (Lipinski definition) is 1. The molecule has 1 aliphatic heterocycles. The van der Waals surface area contributed by atoms with Gasteiger partial charge in [0.05, 0.1) is 24.8 Å². The van der Waals surface area contributed by atoms with Crippen molar-refractivity contribution in [1.82, 2.24) is 5.32 Å². The van der Waals surface area contributed by atoms with Gasteiger partial charge in [-0.1, -0.05) is 11.6 Å². The zero-order valence-corrected chi connectivity index (χ0v) is 17.2. The Morgan fingerprint density at radius 2 is 1.77 bits per heavy atom. The highest BCUT2D eigenvalue weighted by Gasteiger charge is 2.35. The molecule has 1 heterocycles. The largest absolute Gasteiger partial charge is 0.496 e. The average molecular weight is 448 g/mol. The molecule has 11 heteroatoms. The summed E-state index contributed by atoms with van der Waals surface area (Å²) in [5.74, 6) is -1.29. The van der Waals surface area contributed by atoms with Gasteiger partial charge >= 0.3 is 5.69 Å². The summed E-state index contributed by atoms with van der Waals surface area (Å²) >= 11 is 11.0. The predicted molar refractivity (Wildman–Crippen MR) is 114 cm³/mol. The van der Waals surface area contributed by atoms with Crippen LogP contribution in [-0.2, 0) is 9.59 Å². The second kappa shape index (κ2) is 8.47. The minimum Gasteiger partial charge on any atom is -0.496 e. The van der Waals surface area contributed by atoms with Gasteiger partial charge in [-0.3, -0.25) is 29.9 Å². The molecule has 0 radical (unpaired) electrons. The smallest absolute Gasteiger partial charge is 0.311 e. The third-order valence-corrected chi connectivity index (χ3v) is 4.75. The summed E-state index contributed by atoms with van der Waals surface area (Å²) in [5, 5.41) is 14.1. The van der Waals surface area contributed by atoms with Crippen LogP contribution in [0.1, 0.15) is 5.56 Å². The van der Waals surface area contributed by atoms with E-state index in [1.807, 2.05) is 0 Å². The summed E-state index contributed by atoms with van der Waals surface area (Å²) in [6.45, 7) is 0. The van der Waals surface area contributed by atoms with E-state index in [0.717, 1.165) is 11.0 Å². The summed E-state index contributed by atoms with van der Waals surface area (Å²) in [5.41, 5.74) is -0.0874. The number of amides is 2. The normalized spacial score (nSPS) is 15.2. The number of anilines is 1. The molecule has 1 N–H and O–H groups in total. The highest BCUT2D eigenvalue weighted by atomic mass is 35.5. The van der Waals surface area contributed by atoms with Crippen LogP contribution in [0, 0.1) is 10.1 Å². The van der Waals surface area contributed by atoms with Crippen LogP contribution in [0.2, 0.25) is 5.02 Å². The predicted octanol–water partition coefficient (Wildman–Crippen LogP) is 3.10. The van der Waals surface area contributed by atoms with Crippen LogP contribution < -0.4 is 19.7 Å². The standard InChI is InChI=1S/C19H14ClN3O6S/c1-28-15-9-16(29-2)14(23(26)27)8-10(15)7-13-17(24)21-19(30)22(18(13)25)12-5-3-11(20)4-6-12/h3-9H,1-2H3,(H,21,24,30)/b13-7+. The molecule has 3 rings (SSSR count). The number of thiocarbonyl (C=S) groups is 1. The van der Waals surface area contributed by atoms with E-state index in [2.05, 4.69) is 5.32 Å².